The van der Waals surface area contributed by atoms with E-state index in [1.54, 1.807) is 7.11 Å². The number of ether oxygens (including phenoxy) is 1. The number of benzene rings is 2. The third kappa shape index (κ3) is 3.81. The fourth-order valence-electron chi connectivity index (χ4n) is 2.44. The Morgan fingerprint density at radius 2 is 1.80 bits per heavy atom. The second-order valence-corrected chi connectivity index (χ2v) is 6.00. The molecule has 2 aromatic carbocycles. The molecule has 0 aliphatic heterocycles. The Morgan fingerprint density at radius 3 is 2.55 bits per heavy atom. The maximum absolute atomic E-state index is 10.3. The molecule has 1 unspecified atom stereocenters. The second-order valence-electron chi connectivity index (χ2n) is 6.00. The highest BCUT2D eigenvalue weighted by Crippen LogP contribution is 2.22. The zero-order valence-corrected chi connectivity index (χ0v) is 12.6. The molecule has 0 aliphatic rings. The summed E-state index contributed by atoms with van der Waals surface area (Å²) >= 11 is 0. The van der Waals surface area contributed by atoms with Gasteiger partial charge in [0.1, 0.15) is 0 Å². The predicted octanol–water partition coefficient (Wildman–Crippen LogP) is 3.95. The Hall–Kier alpha value is -1.38. The first-order valence-electron chi connectivity index (χ1n) is 7.22. The molecule has 0 heterocycles. The molecular formula is C18H24O2. The lowest BCUT2D eigenvalue weighted by atomic mass is 9.94. The van der Waals surface area contributed by atoms with Crippen LogP contribution in [0.1, 0.15) is 32.3 Å². The number of aliphatic hydroxyl groups excluding tert-OH is 1. The minimum atomic E-state index is -0.324. The highest BCUT2D eigenvalue weighted by molar-refractivity contribution is 5.85. The zero-order chi connectivity index (χ0) is 14.6. The average molecular weight is 272 g/mol. The maximum Gasteiger partial charge on any atom is 0.0623 e. The van der Waals surface area contributed by atoms with E-state index in [0.717, 1.165) is 12.8 Å². The fourth-order valence-corrected chi connectivity index (χ4v) is 2.44. The molecule has 0 aliphatic carbocycles. The lowest BCUT2D eigenvalue weighted by molar-refractivity contribution is 0.00309. The van der Waals surface area contributed by atoms with E-state index in [4.69, 9.17) is 4.74 Å². The molecule has 0 aromatic heterocycles. The van der Waals surface area contributed by atoms with Crippen LogP contribution in [0.25, 0.3) is 10.8 Å². The molecule has 108 valence electrons. The monoisotopic (exact) mass is 272 g/mol. The number of hydrogen-bond acceptors (Lipinski definition) is 2. The van der Waals surface area contributed by atoms with E-state index < -0.39 is 0 Å². The number of rotatable bonds is 6. The van der Waals surface area contributed by atoms with Gasteiger partial charge in [0.2, 0.25) is 0 Å². The van der Waals surface area contributed by atoms with Crippen LogP contribution in [0, 0.1) is 0 Å². The van der Waals surface area contributed by atoms with Crippen LogP contribution in [0.4, 0.5) is 0 Å². The summed E-state index contributed by atoms with van der Waals surface area (Å²) in [5, 5.41) is 12.7. The molecule has 2 rings (SSSR count). The number of methoxy groups -OCH3 is 1. The van der Waals surface area contributed by atoms with Crippen LogP contribution in [0.3, 0.4) is 0 Å². The standard InChI is InChI=1S/C18H24O2/c1-18(2,20-3)12-11-16(19)13-15-9-6-8-14-7-4-5-10-17(14)15/h4-10,16,19H,11-13H2,1-3H3. The SMILES string of the molecule is COC(C)(C)CCC(O)Cc1cccc2ccccc12. The van der Waals surface area contributed by atoms with Gasteiger partial charge in [0.05, 0.1) is 11.7 Å². The van der Waals surface area contributed by atoms with Crippen LogP contribution in [0.15, 0.2) is 42.5 Å². The second kappa shape index (κ2) is 6.38. The van der Waals surface area contributed by atoms with Crippen molar-refractivity contribution in [2.45, 2.75) is 44.8 Å². The normalized spacial score (nSPS) is 13.6. The summed E-state index contributed by atoms with van der Waals surface area (Å²) in [7, 11) is 1.72. The largest absolute Gasteiger partial charge is 0.393 e. The quantitative estimate of drug-likeness (QED) is 0.863. The molecule has 2 heteroatoms. The first kappa shape index (κ1) is 15.0. The van der Waals surface area contributed by atoms with Crippen molar-refractivity contribution >= 4 is 10.8 Å². The van der Waals surface area contributed by atoms with Crippen molar-refractivity contribution in [1.82, 2.24) is 0 Å². The van der Waals surface area contributed by atoms with Gasteiger partial charge in [0.25, 0.3) is 0 Å². The molecule has 0 fully saturated rings. The summed E-state index contributed by atoms with van der Waals surface area (Å²) in [5.41, 5.74) is 1.05. The minimum absolute atomic E-state index is 0.167. The van der Waals surface area contributed by atoms with E-state index in [1.807, 2.05) is 12.1 Å². The molecular weight excluding hydrogens is 248 g/mol. The van der Waals surface area contributed by atoms with Gasteiger partial charge < -0.3 is 9.84 Å². The first-order valence-corrected chi connectivity index (χ1v) is 7.22. The Morgan fingerprint density at radius 1 is 1.10 bits per heavy atom. The number of aliphatic hydroxyl groups is 1. The summed E-state index contributed by atoms with van der Waals surface area (Å²) in [4.78, 5) is 0. The van der Waals surface area contributed by atoms with Gasteiger partial charge in [-0.05, 0) is 49.4 Å². The number of fused-ring (bicyclic) bond motifs is 1. The molecule has 0 radical (unpaired) electrons. The van der Waals surface area contributed by atoms with Crippen molar-refractivity contribution < 1.29 is 9.84 Å². The molecule has 1 atom stereocenters. The van der Waals surface area contributed by atoms with E-state index >= 15 is 0 Å². The van der Waals surface area contributed by atoms with Crippen molar-refractivity contribution in [2.75, 3.05) is 7.11 Å². The lowest BCUT2D eigenvalue weighted by Gasteiger charge is -2.24. The third-order valence-corrected chi connectivity index (χ3v) is 3.97. The van der Waals surface area contributed by atoms with Gasteiger partial charge in [-0.1, -0.05) is 42.5 Å². The summed E-state index contributed by atoms with van der Waals surface area (Å²) < 4.78 is 5.40. The Bertz CT molecular complexity index is 555. The average Bonchev–Trinajstić information content (AvgIpc) is 2.46. The van der Waals surface area contributed by atoms with Gasteiger partial charge in [-0.2, -0.15) is 0 Å². The fraction of sp³-hybridized carbons (Fsp3) is 0.444. The lowest BCUT2D eigenvalue weighted by Crippen LogP contribution is -2.25. The summed E-state index contributed by atoms with van der Waals surface area (Å²) in [6, 6.07) is 14.6. The molecule has 0 spiro atoms. The molecule has 2 nitrogen and oxygen atoms in total. The minimum Gasteiger partial charge on any atom is -0.393 e. The topological polar surface area (TPSA) is 29.5 Å². The van der Waals surface area contributed by atoms with Gasteiger partial charge in [-0.15, -0.1) is 0 Å². The summed E-state index contributed by atoms with van der Waals surface area (Å²) in [5.74, 6) is 0. The van der Waals surface area contributed by atoms with Crippen LogP contribution in [0.2, 0.25) is 0 Å². The first-order chi connectivity index (χ1) is 9.52. The van der Waals surface area contributed by atoms with Crippen molar-refractivity contribution in [3.63, 3.8) is 0 Å². The van der Waals surface area contributed by atoms with Crippen molar-refractivity contribution in [3.05, 3.63) is 48.0 Å². The van der Waals surface area contributed by atoms with Gasteiger partial charge in [0.15, 0.2) is 0 Å². The van der Waals surface area contributed by atoms with Crippen LogP contribution in [0.5, 0.6) is 0 Å². The summed E-state index contributed by atoms with van der Waals surface area (Å²) in [6.45, 7) is 4.11. The summed E-state index contributed by atoms with van der Waals surface area (Å²) in [6.07, 6.45) is 1.98. The molecule has 0 saturated heterocycles. The molecule has 2 aromatic rings. The molecule has 0 amide bonds. The molecule has 20 heavy (non-hydrogen) atoms. The zero-order valence-electron chi connectivity index (χ0n) is 12.6. The molecule has 0 saturated carbocycles. The van der Waals surface area contributed by atoms with E-state index in [-0.39, 0.29) is 11.7 Å². The van der Waals surface area contributed by atoms with Crippen LogP contribution < -0.4 is 0 Å². The van der Waals surface area contributed by atoms with Gasteiger partial charge >= 0.3 is 0 Å². The van der Waals surface area contributed by atoms with E-state index in [2.05, 4.69) is 44.2 Å². The van der Waals surface area contributed by atoms with E-state index in [0.29, 0.717) is 6.42 Å². The highest BCUT2D eigenvalue weighted by atomic mass is 16.5. The molecule has 0 bridgehead atoms. The van der Waals surface area contributed by atoms with Crippen molar-refractivity contribution in [1.29, 1.82) is 0 Å². The van der Waals surface area contributed by atoms with Crippen molar-refractivity contribution in [2.24, 2.45) is 0 Å². The van der Waals surface area contributed by atoms with Crippen molar-refractivity contribution in [3.8, 4) is 0 Å². The van der Waals surface area contributed by atoms with Crippen LogP contribution in [-0.2, 0) is 11.2 Å². The van der Waals surface area contributed by atoms with E-state index in [9.17, 15) is 5.11 Å². The third-order valence-electron chi connectivity index (χ3n) is 3.97. The maximum atomic E-state index is 10.3. The highest BCUT2D eigenvalue weighted by Gasteiger charge is 2.18. The van der Waals surface area contributed by atoms with E-state index in [1.165, 1.54) is 16.3 Å². The Balaban J connectivity index is 2.05. The van der Waals surface area contributed by atoms with Crippen LogP contribution in [-0.4, -0.2) is 23.9 Å². The van der Waals surface area contributed by atoms with Crippen LogP contribution >= 0.6 is 0 Å². The number of hydrogen-bond donors (Lipinski definition) is 1. The van der Waals surface area contributed by atoms with Gasteiger partial charge in [-0.3, -0.25) is 0 Å². The smallest absolute Gasteiger partial charge is 0.0623 e. The molecule has 1 N–H and O–H groups in total. The Kier molecular flexibility index (Phi) is 4.79. The van der Waals surface area contributed by atoms with Gasteiger partial charge in [0, 0.05) is 7.11 Å². The predicted molar refractivity (Wildman–Crippen MR) is 84.0 cm³/mol. The Labute approximate surface area is 121 Å². The van der Waals surface area contributed by atoms with Gasteiger partial charge in [-0.25, -0.2) is 0 Å².